The highest BCUT2D eigenvalue weighted by atomic mass is 79.9. The smallest absolute Gasteiger partial charge is 0.121 e. The average Bonchev–Trinajstić information content (AvgIpc) is 1.59. The molecule has 0 aromatic heterocycles. The van der Waals surface area contributed by atoms with E-state index < -0.39 is 0 Å². The van der Waals surface area contributed by atoms with Crippen LogP contribution in [0.2, 0.25) is 0 Å². The van der Waals surface area contributed by atoms with Gasteiger partial charge in [0.05, 0.1) is 0 Å². The van der Waals surface area contributed by atoms with Gasteiger partial charge >= 0.3 is 0 Å². The summed E-state index contributed by atoms with van der Waals surface area (Å²) in [5, 5.41) is 0. The lowest BCUT2D eigenvalue weighted by Gasteiger charge is -2.09. The summed E-state index contributed by atoms with van der Waals surface area (Å²) in [7, 11) is 0. The zero-order valence-corrected chi connectivity index (χ0v) is 6.36. The molecule has 1 atom stereocenters. The lowest BCUT2D eigenvalue weighted by atomic mass is 10.1. The number of allylic oxidation sites excluding steroid dienone is 2. The van der Waals surface area contributed by atoms with E-state index in [1.54, 1.807) is 0 Å². The molecule has 1 unspecified atom stereocenters. The molecule has 9 heavy (non-hydrogen) atoms. The molecule has 0 radical (unpaired) electrons. The van der Waals surface area contributed by atoms with Crippen molar-refractivity contribution in [3.8, 4) is 0 Å². The quantitative estimate of drug-likeness (QED) is 0.622. The summed E-state index contributed by atoms with van der Waals surface area (Å²) in [6, 6.07) is -0.163. The molecule has 0 spiro atoms. The van der Waals surface area contributed by atoms with E-state index in [9.17, 15) is 4.39 Å². The highest BCUT2D eigenvalue weighted by Crippen LogP contribution is 2.21. The Bertz CT molecular complexity index is 174. The van der Waals surface area contributed by atoms with Crippen molar-refractivity contribution in [2.24, 2.45) is 5.73 Å². The molecule has 0 saturated heterocycles. The van der Waals surface area contributed by atoms with Crippen LogP contribution in [-0.4, -0.2) is 6.04 Å². The summed E-state index contributed by atoms with van der Waals surface area (Å²) < 4.78 is 13.2. The topological polar surface area (TPSA) is 26.0 Å². The standard InChI is InChI=1S/C6H7BrFN/c7-4-1-5(8)3-6(9)2-4/h1,3,6H,2,9H2. The van der Waals surface area contributed by atoms with E-state index in [1.807, 2.05) is 0 Å². The Balaban J connectivity index is 2.74. The minimum absolute atomic E-state index is 0.163. The Hall–Kier alpha value is -0.150. The van der Waals surface area contributed by atoms with Crippen molar-refractivity contribution in [2.75, 3.05) is 0 Å². The largest absolute Gasteiger partial charge is 0.324 e. The van der Waals surface area contributed by atoms with Gasteiger partial charge in [-0.3, -0.25) is 0 Å². The Morgan fingerprint density at radius 3 is 2.89 bits per heavy atom. The predicted molar refractivity (Wildman–Crippen MR) is 38.8 cm³/mol. The van der Waals surface area contributed by atoms with E-state index in [1.165, 1.54) is 12.2 Å². The molecule has 0 aromatic carbocycles. The molecule has 1 aliphatic rings. The fraction of sp³-hybridized carbons (Fsp3) is 0.333. The normalized spacial score (nSPS) is 27.2. The molecule has 1 aliphatic carbocycles. The summed E-state index contributed by atoms with van der Waals surface area (Å²) in [5.74, 6) is -0.249. The number of hydrogen-bond donors (Lipinski definition) is 1. The summed E-state index contributed by atoms with van der Waals surface area (Å²) >= 11 is 3.17. The highest BCUT2D eigenvalue weighted by Gasteiger charge is 2.08. The number of hydrogen-bond acceptors (Lipinski definition) is 1. The van der Waals surface area contributed by atoms with Gasteiger partial charge in [-0.15, -0.1) is 0 Å². The Morgan fingerprint density at radius 2 is 2.44 bits per heavy atom. The zero-order chi connectivity index (χ0) is 6.85. The van der Waals surface area contributed by atoms with E-state index in [-0.39, 0.29) is 11.9 Å². The predicted octanol–water partition coefficient (Wildman–Crippen LogP) is 1.85. The molecule has 0 bridgehead atoms. The summed E-state index contributed by atoms with van der Waals surface area (Å²) in [6.07, 6.45) is 3.54. The Kier molecular flexibility index (Phi) is 2.03. The molecule has 0 amide bonds. The molecular weight excluding hydrogens is 185 g/mol. The minimum atomic E-state index is -0.249. The second kappa shape index (κ2) is 2.62. The third-order valence-electron chi connectivity index (χ3n) is 1.10. The Labute approximate surface area is 61.6 Å². The van der Waals surface area contributed by atoms with Crippen molar-refractivity contribution >= 4 is 15.9 Å². The van der Waals surface area contributed by atoms with E-state index in [4.69, 9.17) is 5.73 Å². The van der Waals surface area contributed by atoms with Gasteiger partial charge < -0.3 is 5.73 Å². The second-order valence-electron chi connectivity index (χ2n) is 2.01. The maximum absolute atomic E-state index is 12.4. The third kappa shape index (κ3) is 1.91. The first-order chi connectivity index (χ1) is 4.18. The molecule has 2 N–H and O–H groups in total. The Morgan fingerprint density at radius 1 is 1.78 bits per heavy atom. The van der Waals surface area contributed by atoms with E-state index in [2.05, 4.69) is 15.9 Å². The first-order valence-corrected chi connectivity index (χ1v) is 3.47. The molecule has 0 fully saturated rings. The maximum Gasteiger partial charge on any atom is 0.121 e. The maximum atomic E-state index is 12.4. The molecule has 1 nitrogen and oxygen atoms in total. The molecular formula is C6H7BrFN. The monoisotopic (exact) mass is 191 g/mol. The van der Waals surface area contributed by atoms with Gasteiger partial charge in [-0.05, 0) is 23.1 Å². The fourth-order valence-corrected chi connectivity index (χ4v) is 1.34. The van der Waals surface area contributed by atoms with Gasteiger partial charge in [0.1, 0.15) is 5.83 Å². The molecule has 50 valence electrons. The van der Waals surface area contributed by atoms with Crippen LogP contribution in [0.4, 0.5) is 4.39 Å². The van der Waals surface area contributed by atoms with Crippen molar-refractivity contribution in [3.05, 3.63) is 22.5 Å². The van der Waals surface area contributed by atoms with Crippen LogP contribution in [0.15, 0.2) is 22.5 Å². The molecule has 0 saturated carbocycles. The number of rotatable bonds is 0. The van der Waals surface area contributed by atoms with Crippen molar-refractivity contribution in [1.82, 2.24) is 0 Å². The van der Waals surface area contributed by atoms with Crippen LogP contribution in [0, 0.1) is 0 Å². The van der Waals surface area contributed by atoms with Gasteiger partial charge in [-0.2, -0.15) is 0 Å². The lowest BCUT2D eigenvalue weighted by Crippen LogP contribution is -2.18. The van der Waals surface area contributed by atoms with Gasteiger partial charge in [-0.1, -0.05) is 15.9 Å². The van der Waals surface area contributed by atoms with Crippen molar-refractivity contribution in [3.63, 3.8) is 0 Å². The van der Waals surface area contributed by atoms with Crippen LogP contribution in [0.3, 0.4) is 0 Å². The van der Waals surface area contributed by atoms with Crippen molar-refractivity contribution in [2.45, 2.75) is 12.5 Å². The molecule has 0 aromatic rings. The molecule has 0 aliphatic heterocycles. The van der Waals surface area contributed by atoms with Crippen LogP contribution in [-0.2, 0) is 0 Å². The van der Waals surface area contributed by atoms with Crippen LogP contribution < -0.4 is 5.73 Å². The van der Waals surface area contributed by atoms with Crippen LogP contribution in [0.5, 0.6) is 0 Å². The van der Waals surface area contributed by atoms with E-state index in [0.29, 0.717) is 6.42 Å². The van der Waals surface area contributed by atoms with E-state index in [0.717, 1.165) is 4.48 Å². The van der Waals surface area contributed by atoms with Crippen LogP contribution >= 0.6 is 15.9 Å². The first kappa shape index (κ1) is 6.96. The lowest BCUT2D eigenvalue weighted by molar-refractivity contribution is 0.636. The summed E-state index contributed by atoms with van der Waals surface area (Å²) in [5.41, 5.74) is 5.43. The average molecular weight is 192 g/mol. The van der Waals surface area contributed by atoms with E-state index >= 15 is 0 Å². The van der Waals surface area contributed by atoms with Gasteiger partial charge in [0, 0.05) is 6.04 Å². The van der Waals surface area contributed by atoms with Gasteiger partial charge in [0.15, 0.2) is 0 Å². The third-order valence-corrected chi connectivity index (χ3v) is 1.65. The summed E-state index contributed by atoms with van der Waals surface area (Å²) in [4.78, 5) is 0. The number of nitrogens with two attached hydrogens (primary N) is 1. The van der Waals surface area contributed by atoms with Crippen molar-refractivity contribution in [1.29, 1.82) is 0 Å². The molecule has 0 heterocycles. The van der Waals surface area contributed by atoms with Crippen LogP contribution in [0.1, 0.15) is 6.42 Å². The van der Waals surface area contributed by atoms with Crippen LogP contribution in [0.25, 0.3) is 0 Å². The second-order valence-corrected chi connectivity index (χ2v) is 3.03. The molecule has 3 heteroatoms. The SMILES string of the molecule is NC1C=C(F)C=C(Br)C1. The van der Waals surface area contributed by atoms with Crippen molar-refractivity contribution < 1.29 is 4.39 Å². The molecule has 1 rings (SSSR count). The number of halogens is 2. The highest BCUT2D eigenvalue weighted by molar-refractivity contribution is 9.11. The van der Waals surface area contributed by atoms with Gasteiger partial charge in [0.2, 0.25) is 0 Å². The van der Waals surface area contributed by atoms with Gasteiger partial charge in [0.25, 0.3) is 0 Å². The summed E-state index contributed by atoms with van der Waals surface area (Å²) in [6.45, 7) is 0. The zero-order valence-electron chi connectivity index (χ0n) is 4.77. The van der Waals surface area contributed by atoms with Gasteiger partial charge in [-0.25, -0.2) is 4.39 Å². The first-order valence-electron chi connectivity index (χ1n) is 2.67. The minimum Gasteiger partial charge on any atom is -0.324 e. The fourth-order valence-electron chi connectivity index (χ4n) is 0.745.